The topological polar surface area (TPSA) is 32.5 Å². The quantitative estimate of drug-likeness (QED) is 0.719. The first-order valence-electron chi connectivity index (χ1n) is 6.95. The molecule has 1 aliphatic carbocycles. The van der Waals surface area contributed by atoms with E-state index in [0.29, 0.717) is 6.04 Å². The van der Waals surface area contributed by atoms with Crippen molar-refractivity contribution in [2.75, 3.05) is 33.2 Å². The fourth-order valence-corrected chi connectivity index (χ4v) is 3.30. The predicted octanol–water partition coefficient (Wildman–Crippen LogP) is 1.28. The van der Waals surface area contributed by atoms with Crippen LogP contribution in [0.15, 0.2) is 0 Å². The van der Waals surface area contributed by atoms with Gasteiger partial charge in [-0.05, 0) is 19.9 Å². The Hall–Kier alpha value is -0.120. The first-order chi connectivity index (χ1) is 7.81. The molecule has 1 aliphatic heterocycles. The maximum atomic E-state index is 5.93. The third-order valence-corrected chi connectivity index (χ3v) is 4.30. The molecule has 0 bridgehead atoms. The average Bonchev–Trinajstić information content (AvgIpc) is 2.57. The third kappa shape index (κ3) is 2.96. The van der Waals surface area contributed by atoms with Gasteiger partial charge in [-0.2, -0.15) is 0 Å². The first-order valence-corrected chi connectivity index (χ1v) is 6.95. The summed E-state index contributed by atoms with van der Waals surface area (Å²) in [5.41, 5.74) is 5.93. The fraction of sp³-hybridized carbons (Fsp3) is 1.00. The van der Waals surface area contributed by atoms with Crippen LogP contribution in [0.25, 0.3) is 0 Å². The normalized spacial score (nSPS) is 31.5. The largest absolute Gasteiger partial charge is 0.329 e. The lowest BCUT2D eigenvalue weighted by molar-refractivity contribution is 0.0500. The van der Waals surface area contributed by atoms with Gasteiger partial charge in [-0.3, -0.25) is 4.90 Å². The molecule has 2 rings (SSSR count). The lowest BCUT2D eigenvalue weighted by Crippen LogP contribution is -2.58. The van der Waals surface area contributed by atoms with E-state index in [1.54, 1.807) is 0 Å². The zero-order chi connectivity index (χ0) is 11.4. The van der Waals surface area contributed by atoms with Crippen molar-refractivity contribution in [1.82, 2.24) is 9.80 Å². The van der Waals surface area contributed by atoms with Gasteiger partial charge < -0.3 is 10.6 Å². The highest BCUT2D eigenvalue weighted by atomic mass is 15.3. The van der Waals surface area contributed by atoms with Crippen LogP contribution in [0.4, 0.5) is 0 Å². The number of hydrogen-bond donors (Lipinski definition) is 1. The molecular formula is C13H27N3. The smallest absolute Gasteiger partial charge is 0.0349 e. The van der Waals surface area contributed by atoms with Gasteiger partial charge in [0.05, 0.1) is 0 Å². The van der Waals surface area contributed by atoms with Crippen LogP contribution in [0, 0.1) is 0 Å². The Bertz CT molecular complexity index is 199. The molecule has 1 heterocycles. The number of nitrogens with zero attached hydrogens (tertiary/aromatic N) is 2. The summed E-state index contributed by atoms with van der Waals surface area (Å²) < 4.78 is 0. The summed E-state index contributed by atoms with van der Waals surface area (Å²) in [5.74, 6) is 0. The predicted molar refractivity (Wildman–Crippen MR) is 68.5 cm³/mol. The van der Waals surface area contributed by atoms with E-state index in [2.05, 4.69) is 16.8 Å². The van der Waals surface area contributed by atoms with E-state index in [-0.39, 0.29) is 0 Å². The van der Waals surface area contributed by atoms with Gasteiger partial charge in [0.15, 0.2) is 0 Å². The van der Waals surface area contributed by atoms with E-state index in [4.69, 9.17) is 5.73 Å². The maximum absolute atomic E-state index is 5.93. The standard InChI is InChI=1S/C13H27N3/c1-15-8-9-16(13(10-14)11-15)12-6-4-2-3-5-7-12/h12-13H,2-11,14H2,1H3. The summed E-state index contributed by atoms with van der Waals surface area (Å²) in [6.45, 7) is 4.42. The zero-order valence-electron chi connectivity index (χ0n) is 10.7. The van der Waals surface area contributed by atoms with Gasteiger partial charge in [0.2, 0.25) is 0 Å². The summed E-state index contributed by atoms with van der Waals surface area (Å²) >= 11 is 0. The highest BCUT2D eigenvalue weighted by molar-refractivity contribution is 4.87. The van der Waals surface area contributed by atoms with Crippen molar-refractivity contribution in [3.63, 3.8) is 0 Å². The molecule has 0 aromatic rings. The second kappa shape index (κ2) is 5.99. The Balaban J connectivity index is 1.94. The van der Waals surface area contributed by atoms with E-state index in [0.717, 1.165) is 19.1 Å². The number of likely N-dealkylation sites (N-methyl/N-ethyl adjacent to an activating group) is 1. The molecule has 1 atom stereocenters. The average molecular weight is 225 g/mol. The molecule has 1 saturated heterocycles. The molecule has 0 radical (unpaired) electrons. The summed E-state index contributed by atoms with van der Waals surface area (Å²) in [7, 11) is 2.22. The second-order valence-corrected chi connectivity index (χ2v) is 5.53. The van der Waals surface area contributed by atoms with Crippen LogP contribution in [0.5, 0.6) is 0 Å². The second-order valence-electron chi connectivity index (χ2n) is 5.53. The number of piperazine rings is 1. The molecular weight excluding hydrogens is 198 g/mol. The van der Waals surface area contributed by atoms with Crippen LogP contribution in [-0.4, -0.2) is 55.1 Å². The van der Waals surface area contributed by atoms with Gasteiger partial charge >= 0.3 is 0 Å². The van der Waals surface area contributed by atoms with Gasteiger partial charge in [-0.1, -0.05) is 25.7 Å². The van der Waals surface area contributed by atoms with Crippen molar-refractivity contribution in [3.8, 4) is 0 Å². The van der Waals surface area contributed by atoms with Gasteiger partial charge in [0.25, 0.3) is 0 Å². The third-order valence-electron chi connectivity index (χ3n) is 4.30. The first kappa shape index (κ1) is 12.3. The molecule has 1 unspecified atom stereocenters. The van der Waals surface area contributed by atoms with Crippen LogP contribution in [0.2, 0.25) is 0 Å². The molecule has 3 heteroatoms. The van der Waals surface area contributed by atoms with Gasteiger partial charge in [0.1, 0.15) is 0 Å². The Morgan fingerprint density at radius 1 is 1.06 bits per heavy atom. The molecule has 94 valence electrons. The van der Waals surface area contributed by atoms with Crippen LogP contribution < -0.4 is 5.73 Å². The zero-order valence-corrected chi connectivity index (χ0v) is 10.7. The number of rotatable bonds is 2. The molecule has 1 saturated carbocycles. The minimum atomic E-state index is 0.599. The van der Waals surface area contributed by atoms with E-state index in [1.165, 1.54) is 51.6 Å². The fourth-order valence-electron chi connectivity index (χ4n) is 3.30. The molecule has 16 heavy (non-hydrogen) atoms. The molecule has 0 amide bonds. The Kier molecular flexibility index (Phi) is 4.62. The van der Waals surface area contributed by atoms with Crippen molar-refractivity contribution in [2.24, 2.45) is 5.73 Å². The lowest BCUT2D eigenvalue weighted by Gasteiger charge is -2.44. The van der Waals surface area contributed by atoms with Crippen LogP contribution in [-0.2, 0) is 0 Å². The van der Waals surface area contributed by atoms with Crippen molar-refractivity contribution < 1.29 is 0 Å². The summed E-state index contributed by atoms with van der Waals surface area (Å²) in [6, 6.07) is 1.42. The molecule has 0 aromatic carbocycles. The maximum Gasteiger partial charge on any atom is 0.0349 e. The van der Waals surface area contributed by atoms with Crippen molar-refractivity contribution in [2.45, 2.75) is 50.6 Å². The Morgan fingerprint density at radius 3 is 2.38 bits per heavy atom. The minimum Gasteiger partial charge on any atom is -0.329 e. The SMILES string of the molecule is CN1CCN(C2CCCCCC2)C(CN)C1. The molecule has 0 spiro atoms. The highest BCUT2D eigenvalue weighted by Gasteiger charge is 2.29. The molecule has 2 N–H and O–H groups in total. The van der Waals surface area contributed by atoms with E-state index in [9.17, 15) is 0 Å². The van der Waals surface area contributed by atoms with E-state index < -0.39 is 0 Å². The van der Waals surface area contributed by atoms with Gasteiger partial charge in [-0.15, -0.1) is 0 Å². The highest BCUT2D eigenvalue weighted by Crippen LogP contribution is 2.24. The number of nitrogens with two attached hydrogens (primary N) is 1. The van der Waals surface area contributed by atoms with Crippen LogP contribution in [0.3, 0.4) is 0 Å². The van der Waals surface area contributed by atoms with Gasteiger partial charge in [-0.25, -0.2) is 0 Å². The molecule has 3 nitrogen and oxygen atoms in total. The van der Waals surface area contributed by atoms with E-state index >= 15 is 0 Å². The molecule has 0 aromatic heterocycles. The Morgan fingerprint density at radius 2 is 1.75 bits per heavy atom. The van der Waals surface area contributed by atoms with Crippen molar-refractivity contribution in [1.29, 1.82) is 0 Å². The van der Waals surface area contributed by atoms with Crippen LogP contribution >= 0.6 is 0 Å². The molecule has 2 fully saturated rings. The van der Waals surface area contributed by atoms with Crippen LogP contribution in [0.1, 0.15) is 38.5 Å². The Labute approximate surface area is 100.0 Å². The summed E-state index contributed by atoms with van der Waals surface area (Å²) in [4.78, 5) is 5.13. The minimum absolute atomic E-state index is 0.599. The summed E-state index contributed by atoms with van der Waals surface area (Å²) in [5, 5.41) is 0. The summed E-state index contributed by atoms with van der Waals surface area (Å²) in [6.07, 6.45) is 8.54. The van der Waals surface area contributed by atoms with Gasteiger partial charge in [0, 0.05) is 38.3 Å². The number of hydrogen-bond acceptors (Lipinski definition) is 3. The lowest BCUT2D eigenvalue weighted by atomic mass is 10.0. The van der Waals surface area contributed by atoms with Crippen molar-refractivity contribution in [3.05, 3.63) is 0 Å². The monoisotopic (exact) mass is 225 g/mol. The van der Waals surface area contributed by atoms with E-state index in [1.807, 2.05) is 0 Å². The molecule has 2 aliphatic rings. The van der Waals surface area contributed by atoms with Crippen molar-refractivity contribution >= 4 is 0 Å².